The number of nitrogens with one attached hydrogen (secondary N) is 1. The van der Waals surface area contributed by atoms with E-state index in [1.165, 1.54) is 9.75 Å². The minimum absolute atomic E-state index is 0.0159. The maximum absolute atomic E-state index is 11.8. The smallest absolute Gasteiger partial charge is 0.312 e. The van der Waals surface area contributed by atoms with Crippen LogP contribution in [0, 0.1) is 12.8 Å². The van der Waals surface area contributed by atoms with Crippen molar-refractivity contribution in [3.63, 3.8) is 0 Å². The lowest BCUT2D eigenvalue weighted by Gasteiger charge is -2.04. The van der Waals surface area contributed by atoms with Crippen molar-refractivity contribution in [1.29, 1.82) is 0 Å². The molecule has 0 saturated heterocycles. The number of ether oxygens (including phenoxy) is 1. The van der Waals surface area contributed by atoms with Crippen LogP contribution >= 0.6 is 11.3 Å². The zero-order valence-corrected chi connectivity index (χ0v) is 11.7. The molecule has 1 aromatic rings. The Kier molecular flexibility index (Phi) is 4.42. The van der Waals surface area contributed by atoms with Crippen molar-refractivity contribution in [2.24, 2.45) is 11.7 Å². The second-order valence-electron chi connectivity index (χ2n) is 4.71. The van der Waals surface area contributed by atoms with Crippen molar-refractivity contribution >= 4 is 23.3 Å². The first-order chi connectivity index (χ1) is 9.08. The van der Waals surface area contributed by atoms with E-state index < -0.39 is 6.03 Å². The van der Waals surface area contributed by atoms with Gasteiger partial charge >= 0.3 is 12.0 Å². The van der Waals surface area contributed by atoms with Crippen molar-refractivity contribution in [2.45, 2.75) is 25.7 Å². The molecule has 19 heavy (non-hydrogen) atoms. The summed E-state index contributed by atoms with van der Waals surface area (Å²) in [6.45, 7) is 2.82. The number of carbonyl (C=O) groups excluding carboxylic acids is 2. The van der Waals surface area contributed by atoms with Gasteiger partial charge in [-0.2, -0.15) is 0 Å². The fourth-order valence-corrected chi connectivity index (χ4v) is 3.04. The summed E-state index contributed by atoms with van der Waals surface area (Å²) in [5.41, 5.74) is 4.92. The molecule has 1 saturated carbocycles. The average Bonchev–Trinajstić information content (AvgIpc) is 3.04. The van der Waals surface area contributed by atoms with Crippen LogP contribution in [-0.2, 0) is 9.53 Å². The summed E-state index contributed by atoms with van der Waals surface area (Å²) >= 11 is 1.75. The summed E-state index contributed by atoms with van der Waals surface area (Å²) in [5.74, 6) is 0.229. The molecule has 3 N–H and O–H groups in total. The second kappa shape index (κ2) is 6.06. The number of carbonyl (C=O) groups is 2. The van der Waals surface area contributed by atoms with Crippen LogP contribution in [0.3, 0.4) is 0 Å². The van der Waals surface area contributed by atoms with Crippen LogP contribution in [0.15, 0.2) is 12.1 Å². The Balaban J connectivity index is 1.64. The molecule has 5 nitrogen and oxygen atoms in total. The van der Waals surface area contributed by atoms with Gasteiger partial charge in [-0.25, -0.2) is 4.79 Å². The molecule has 6 heteroatoms. The number of rotatable bonds is 6. The molecular formula is C13H18N2O3S. The van der Waals surface area contributed by atoms with Gasteiger partial charge in [0.15, 0.2) is 0 Å². The van der Waals surface area contributed by atoms with Crippen LogP contribution in [0.2, 0.25) is 0 Å². The molecular weight excluding hydrogens is 264 g/mol. The zero-order chi connectivity index (χ0) is 13.8. The number of amides is 2. The van der Waals surface area contributed by atoms with E-state index in [2.05, 4.69) is 24.4 Å². The number of primary amides is 1. The van der Waals surface area contributed by atoms with E-state index in [9.17, 15) is 9.59 Å². The number of nitrogens with two attached hydrogens (primary N) is 1. The average molecular weight is 282 g/mol. The van der Waals surface area contributed by atoms with Crippen molar-refractivity contribution in [3.05, 3.63) is 21.9 Å². The van der Waals surface area contributed by atoms with Gasteiger partial charge in [-0.3, -0.25) is 4.79 Å². The number of aryl methyl sites for hydroxylation is 1. The Morgan fingerprint density at radius 3 is 2.95 bits per heavy atom. The maximum atomic E-state index is 11.8. The van der Waals surface area contributed by atoms with E-state index in [1.54, 1.807) is 11.3 Å². The van der Waals surface area contributed by atoms with E-state index >= 15 is 0 Å². The quantitative estimate of drug-likeness (QED) is 0.616. The van der Waals surface area contributed by atoms with Gasteiger partial charge in [0.25, 0.3) is 0 Å². The van der Waals surface area contributed by atoms with Crippen LogP contribution < -0.4 is 11.1 Å². The molecule has 2 atom stereocenters. The molecule has 0 spiro atoms. The van der Waals surface area contributed by atoms with E-state index in [1.807, 2.05) is 0 Å². The molecule has 1 heterocycles. The molecule has 1 aliphatic carbocycles. The first-order valence-electron chi connectivity index (χ1n) is 6.34. The van der Waals surface area contributed by atoms with Crippen molar-refractivity contribution < 1.29 is 14.3 Å². The van der Waals surface area contributed by atoms with Crippen LogP contribution in [0.25, 0.3) is 0 Å². The van der Waals surface area contributed by atoms with E-state index in [-0.39, 0.29) is 11.9 Å². The largest absolute Gasteiger partial charge is 0.465 e. The zero-order valence-electron chi connectivity index (χ0n) is 10.8. The summed E-state index contributed by atoms with van der Waals surface area (Å²) in [6.07, 6.45) is 1.47. The molecule has 1 fully saturated rings. The fraction of sp³-hybridized carbons (Fsp3) is 0.538. The highest BCUT2D eigenvalue weighted by Gasteiger charge is 2.45. The molecule has 1 aliphatic rings. The van der Waals surface area contributed by atoms with Gasteiger partial charge in [0.05, 0.1) is 12.5 Å². The Hall–Kier alpha value is -1.56. The standard InChI is InChI=1S/C13H18N2O3S/c1-8-3-4-11(19-8)9-7-10(9)12(16)18-6-2-5-15-13(14)17/h3-4,9-10H,2,5-7H2,1H3,(H3,14,15,17)/t9-,10-/m1/s1. The van der Waals surface area contributed by atoms with Gasteiger partial charge in [0.1, 0.15) is 0 Å². The molecule has 0 bridgehead atoms. The summed E-state index contributed by atoms with van der Waals surface area (Å²) in [4.78, 5) is 24.7. The predicted molar refractivity (Wildman–Crippen MR) is 73.1 cm³/mol. The van der Waals surface area contributed by atoms with Crippen LogP contribution in [0.4, 0.5) is 4.79 Å². The number of hydrogen-bond acceptors (Lipinski definition) is 4. The maximum Gasteiger partial charge on any atom is 0.312 e. The number of esters is 1. The fourth-order valence-electron chi connectivity index (χ4n) is 1.99. The Morgan fingerprint density at radius 1 is 1.53 bits per heavy atom. The lowest BCUT2D eigenvalue weighted by atomic mass is 10.2. The number of urea groups is 1. The van der Waals surface area contributed by atoms with Gasteiger partial charge in [-0.15, -0.1) is 11.3 Å². The second-order valence-corrected chi connectivity index (χ2v) is 6.03. The van der Waals surface area contributed by atoms with Crippen LogP contribution in [-0.4, -0.2) is 25.2 Å². The third kappa shape index (κ3) is 3.96. The topological polar surface area (TPSA) is 81.4 Å². The lowest BCUT2D eigenvalue weighted by molar-refractivity contribution is -0.145. The lowest BCUT2D eigenvalue weighted by Crippen LogP contribution is -2.30. The first kappa shape index (κ1) is 13.9. The van der Waals surface area contributed by atoms with Gasteiger partial charge in [0.2, 0.25) is 0 Å². The number of thiophene rings is 1. The van der Waals surface area contributed by atoms with E-state index in [0.717, 1.165) is 6.42 Å². The van der Waals surface area contributed by atoms with Crippen molar-refractivity contribution in [3.8, 4) is 0 Å². The normalized spacial score (nSPS) is 20.9. The molecule has 104 valence electrons. The summed E-state index contributed by atoms with van der Waals surface area (Å²) in [7, 11) is 0. The van der Waals surface area contributed by atoms with Crippen LogP contribution in [0.1, 0.15) is 28.5 Å². The van der Waals surface area contributed by atoms with E-state index in [0.29, 0.717) is 25.5 Å². The minimum atomic E-state index is -0.554. The Labute approximate surface area is 116 Å². The highest BCUT2D eigenvalue weighted by Crippen LogP contribution is 2.50. The molecule has 0 aromatic carbocycles. The Morgan fingerprint density at radius 2 is 2.32 bits per heavy atom. The van der Waals surface area contributed by atoms with Gasteiger partial charge < -0.3 is 15.8 Å². The summed E-state index contributed by atoms with van der Waals surface area (Å²) < 4.78 is 5.18. The third-order valence-electron chi connectivity index (χ3n) is 3.08. The van der Waals surface area contributed by atoms with Crippen molar-refractivity contribution in [2.75, 3.05) is 13.2 Å². The van der Waals surface area contributed by atoms with Gasteiger partial charge in [-0.05, 0) is 31.9 Å². The third-order valence-corrected chi connectivity index (χ3v) is 4.22. The molecule has 0 unspecified atom stereocenters. The highest BCUT2D eigenvalue weighted by molar-refractivity contribution is 7.12. The first-order valence-corrected chi connectivity index (χ1v) is 7.16. The summed E-state index contributed by atoms with van der Waals surface area (Å²) in [5, 5.41) is 2.45. The SMILES string of the molecule is Cc1ccc([C@@H]2C[C@H]2C(=O)OCCCNC(N)=O)s1. The molecule has 2 amide bonds. The molecule has 0 aliphatic heterocycles. The molecule has 0 radical (unpaired) electrons. The Bertz CT molecular complexity index is 472. The monoisotopic (exact) mass is 282 g/mol. The number of hydrogen-bond donors (Lipinski definition) is 2. The van der Waals surface area contributed by atoms with E-state index in [4.69, 9.17) is 10.5 Å². The molecule has 1 aromatic heterocycles. The van der Waals surface area contributed by atoms with Crippen LogP contribution in [0.5, 0.6) is 0 Å². The predicted octanol–water partition coefficient (Wildman–Crippen LogP) is 1.76. The molecule has 2 rings (SSSR count). The highest BCUT2D eigenvalue weighted by atomic mass is 32.1. The van der Waals surface area contributed by atoms with Crippen molar-refractivity contribution in [1.82, 2.24) is 5.32 Å². The van der Waals surface area contributed by atoms with Gasteiger partial charge in [-0.1, -0.05) is 0 Å². The minimum Gasteiger partial charge on any atom is -0.465 e. The van der Waals surface area contributed by atoms with Gasteiger partial charge in [0, 0.05) is 22.2 Å². The summed E-state index contributed by atoms with van der Waals surface area (Å²) in [6, 6.07) is 3.62.